The number of piperidine rings is 1. The lowest BCUT2D eigenvalue weighted by Gasteiger charge is -2.56. The topological polar surface area (TPSA) is 117 Å². The number of ether oxygens (including phenoxy) is 2. The van der Waals surface area contributed by atoms with E-state index in [0.717, 1.165) is 24.9 Å². The maximum atomic E-state index is 13.0. The molecule has 2 fully saturated rings. The number of benzene rings is 1. The van der Waals surface area contributed by atoms with Crippen LogP contribution < -0.4 is 20.7 Å². The Hall–Kier alpha value is -2.62. The fourth-order valence-corrected chi connectivity index (χ4v) is 6.82. The maximum absolute atomic E-state index is 13.0. The number of likely N-dealkylation sites (tertiary alicyclic amines) is 2. The molecule has 4 N–H and O–H groups in total. The van der Waals surface area contributed by atoms with Crippen LogP contribution in [0.1, 0.15) is 30.4 Å². The third-order valence-corrected chi connectivity index (χ3v) is 8.26. The van der Waals surface area contributed by atoms with E-state index in [2.05, 4.69) is 23.4 Å². The molecule has 170 valence electrons. The summed E-state index contributed by atoms with van der Waals surface area (Å²) in [5, 5.41) is 10.8. The molecule has 1 spiro atoms. The summed E-state index contributed by atoms with van der Waals surface area (Å²) in [5.74, 6) is 6.04. The van der Waals surface area contributed by atoms with Gasteiger partial charge in [-0.05, 0) is 50.9 Å². The Morgan fingerprint density at radius 2 is 2.16 bits per heavy atom. The van der Waals surface area contributed by atoms with E-state index < -0.39 is 30.3 Å². The van der Waals surface area contributed by atoms with E-state index >= 15 is 0 Å². The van der Waals surface area contributed by atoms with Gasteiger partial charge in [-0.15, -0.1) is 0 Å². The first-order chi connectivity index (χ1) is 15.5. The third kappa shape index (κ3) is 2.50. The number of hydrazine groups is 1. The number of aliphatic hydroxyl groups is 1. The molecule has 9 nitrogen and oxygen atoms in total. The monoisotopic (exact) mass is 440 g/mol. The van der Waals surface area contributed by atoms with Crippen LogP contribution >= 0.6 is 0 Å². The average molecular weight is 441 g/mol. The number of nitrogens with two attached hydrogens (primary N) is 1. The summed E-state index contributed by atoms with van der Waals surface area (Å²) in [7, 11) is 2.16. The lowest BCUT2D eigenvalue weighted by molar-refractivity contribution is -0.125. The molecule has 5 aliphatic rings. The molecule has 0 radical (unpaired) electrons. The summed E-state index contributed by atoms with van der Waals surface area (Å²) in [4.78, 5) is 28.9. The van der Waals surface area contributed by atoms with Gasteiger partial charge in [0, 0.05) is 29.5 Å². The van der Waals surface area contributed by atoms with E-state index in [1.54, 1.807) is 6.07 Å². The molecule has 0 saturated carbocycles. The van der Waals surface area contributed by atoms with E-state index in [1.165, 1.54) is 10.5 Å². The summed E-state index contributed by atoms with van der Waals surface area (Å²) in [6, 6.07) is 3.52. The first-order valence-electron chi connectivity index (χ1n) is 11.3. The van der Waals surface area contributed by atoms with Crippen molar-refractivity contribution in [1.82, 2.24) is 15.2 Å². The van der Waals surface area contributed by atoms with Crippen molar-refractivity contribution >= 4 is 12.0 Å². The van der Waals surface area contributed by atoms with Gasteiger partial charge in [-0.2, -0.15) is 0 Å². The van der Waals surface area contributed by atoms with Gasteiger partial charge in [0.15, 0.2) is 11.5 Å². The third-order valence-electron chi connectivity index (χ3n) is 8.26. The Labute approximate surface area is 186 Å². The lowest BCUT2D eigenvalue weighted by Crippen LogP contribution is -2.64. The zero-order valence-corrected chi connectivity index (χ0v) is 18.0. The molecule has 6 rings (SSSR count). The van der Waals surface area contributed by atoms with Crippen LogP contribution in [0, 0.1) is 5.92 Å². The van der Waals surface area contributed by atoms with Gasteiger partial charge in [-0.1, -0.05) is 18.2 Å². The Morgan fingerprint density at radius 1 is 1.31 bits per heavy atom. The van der Waals surface area contributed by atoms with Gasteiger partial charge in [-0.25, -0.2) is 10.6 Å². The number of nitrogens with one attached hydrogen (secondary N) is 1. The normalized spacial score (nSPS) is 36.5. The van der Waals surface area contributed by atoms with Gasteiger partial charge >= 0.3 is 6.09 Å². The van der Waals surface area contributed by atoms with E-state index in [4.69, 9.17) is 15.3 Å². The number of amides is 2. The molecular formula is C23H28N4O5. The molecular weight excluding hydrogens is 412 g/mol. The molecule has 2 aliphatic carbocycles. The summed E-state index contributed by atoms with van der Waals surface area (Å²) >= 11 is 0. The Balaban J connectivity index is 1.38. The number of hydrogen-bond donors (Lipinski definition) is 3. The number of likely N-dealkylation sites (N-methyl/N-ethyl adjacent to an activating group) is 1. The van der Waals surface area contributed by atoms with Crippen LogP contribution in [-0.4, -0.2) is 71.3 Å². The fraction of sp³-hybridized carbons (Fsp3) is 0.565. The Bertz CT molecular complexity index is 1030. The number of carbonyl (C=O) groups is 2. The summed E-state index contributed by atoms with van der Waals surface area (Å²) < 4.78 is 12.2. The van der Waals surface area contributed by atoms with Gasteiger partial charge in [0.25, 0.3) is 5.91 Å². The summed E-state index contributed by atoms with van der Waals surface area (Å²) in [5.41, 5.74) is 4.10. The van der Waals surface area contributed by atoms with Crippen LogP contribution in [0.15, 0.2) is 24.3 Å². The SMILES string of the molecule is CN1CC[C@]23c4c5ccc(OC(=O)N6CCCC6C(=O)NN)c4O[C@H]2[C@@H](O)C=CC3C1C5. The second-order valence-corrected chi connectivity index (χ2v) is 9.64. The minimum absolute atomic E-state index is 0.241. The van der Waals surface area contributed by atoms with Crippen molar-refractivity contribution in [2.45, 2.75) is 55.4 Å². The van der Waals surface area contributed by atoms with Crippen molar-refractivity contribution in [3.63, 3.8) is 0 Å². The predicted octanol–water partition coefficient (Wildman–Crippen LogP) is 0.446. The van der Waals surface area contributed by atoms with Crippen LogP contribution in [0.4, 0.5) is 4.79 Å². The van der Waals surface area contributed by atoms with Crippen molar-refractivity contribution in [3.8, 4) is 11.5 Å². The molecule has 2 bridgehead atoms. The number of carbonyl (C=O) groups excluding carboxylic acids is 2. The fourth-order valence-electron chi connectivity index (χ4n) is 6.82. The number of aliphatic hydroxyl groups excluding tert-OH is 1. The first kappa shape index (κ1) is 20.0. The molecule has 1 aromatic rings. The van der Waals surface area contributed by atoms with Crippen LogP contribution in [0.25, 0.3) is 0 Å². The molecule has 32 heavy (non-hydrogen) atoms. The smallest absolute Gasteiger partial charge is 0.416 e. The first-order valence-corrected chi connectivity index (χ1v) is 11.3. The van der Waals surface area contributed by atoms with Gasteiger partial charge in [-0.3, -0.25) is 15.1 Å². The van der Waals surface area contributed by atoms with Crippen molar-refractivity contribution in [1.29, 1.82) is 0 Å². The molecule has 1 aromatic carbocycles. The van der Waals surface area contributed by atoms with E-state index in [-0.39, 0.29) is 11.3 Å². The standard InChI is InChI=1S/C23H28N4O5/c1-26-10-8-23-13-5-6-16(28)20(23)32-19-17(7-4-12(18(19)23)11-15(13)26)31-22(30)27-9-2-3-14(27)21(29)25-24/h4-7,13-16,20,28H,2-3,8-11,24H2,1H3,(H,25,29)/t13?,14?,15?,16-,20-,23-/m0/s1. The van der Waals surface area contributed by atoms with Gasteiger partial charge in [0.1, 0.15) is 18.2 Å². The number of hydrogen-bond acceptors (Lipinski definition) is 7. The number of rotatable bonds is 2. The summed E-state index contributed by atoms with van der Waals surface area (Å²) in [6.45, 7) is 1.36. The van der Waals surface area contributed by atoms with Gasteiger partial charge < -0.3 is 19.5 Å². The zero-order valence-electron chi connectivity index (χ0n) is 18.0. The predicted molar refractivity (Wildman–Crippen MR) is 114 cm³/mol. The van der Waals surface area contributed by atoms with Gasteiger partial charge in [0.2, 0.25) is 0 Å². The molecule has 6 atom stereocenters. The minimum Gasteiger partial charge on any atom is -0.482 e. The minimum atomic E-state index is -0.714. The number of nitrogens with zero attached hydrogens (tertiary/aromatic N) is 2. The largest absolute Gasteiger partial charge is 0.482 e. The van der Waals surface area contributed by atoms with Crippen molar-refractivity contribution < 1.29 is 24.2 Å². The highest BCUT2D eigenvalue weighted by Gasteiger charge is 2.64. The van der Waals surface area contributed by atoms with Crippen molar-refractivity contribution in [2.75, 3.05) is 20.1 Å². The van der Waals surface area contributed by atoms with Crippen LogP contribution in [0.3, 0.4) is 0 Å². The second-order valence-electron chi connectivity index (χ2n) is 9.64. The summed E-state index contributed by atoms with van der Waals surface area (Å²) in [6.07, 6.45) is 5.32. The molecule has 2 amide bonds. The highest BCUT2D eigenvalue weighted by atomic mass is 16.6. The molecule has 0 aromatic heterocycles. The average Bonchev–Trinajstić information content (AvgIpc) is 3.41. The van der Waals surface area contributed by atoms with E-state index in [1.807, 2.05) is 12.1 Å². The van der Waals surface area contributed by atoms with Crippen LogP contribution in [-0.2, 0) is 16.6 Å². The highest BCUT2D eigenvalue weighted by Crippen LogP contribution is 2.62. The van der Waals surface area contributed by atoms with E-state index in [0.29, 0.717) is 36.9 Å². The molecule has 3 unspecified atom stereocenters. The highest BCUT2D eigenvalue weighted by molar-refractivity contribution is 5.86. The molecule has 2 saturated heterocycles. The quantitative estimate of drug-likeness (QED) is 0.264. The van der Waals surface area contributed by atoms with Crippen molar-refractivity contribution in [3.05, 3.63) is 35.4 Å². The van der Waals surface area contributed by atoms with E-state index in [9.17, 15) is 14.7 Å². The second kappa shape index (κ2) is 6.94. The Morgan fingerprint density at radius 3 is 2.97 bits per heavy atom. The molecule has 3 heterocycles. The van der Waals surface area contributed by atoms with Crippen molar-refractivity contribution in [2.24, 2.45) is 11.8 Å². The van der Waals surface area contributed by atoms with Gasteiger partial charge in [0.05, 0.1) is 0 Å². The molecule has 9 heteroatoms. The maximum Gasteiger partial charge on any atom is 0.416 e. The Kier molecular flexibility index (Phi) is 4.34. The van der Waals surface area contributed by atoms with Crippen LogP contribution in [0.2, 0.25) is 0 Å². The van der Waals surface area contributed by atoms with Crippen LogP contribution in [0.5, 0.6) is 11.5 Å². The zero-order chi connectivity index (χ0) is 22.2. The lowest BCUT2D eigenvalue weighted by atomic mass is 9.53. The molecule has 3 aliphatic heterocycles.